The van der Waals surface area contributed by atoms with Gasteiger partial charge in [0.05, 0.1) is 0 Å². The second kappa shape index (κ2) is 9.38. The lowest BCUT2D eigenvalue weighted by Gasteiger charge is -2.39. The molecule has 0 aliphatic carbocycles. The van der Waals surface area contributed by atoms with Crippen LogP contribution < -0.4 is 0 Å². The Morgan fingerprint density at radius 3 is 1.43 bits per heavy atom. The number of ether oxygens (including phenoxy) is 3. The average molecular weight is 328 g/mol. The third kappa shape index (κ3) is 3.94. The molecule has 0 spiro atoms. The number of hydrogen-bond acceptors (Lipinski definition) is 5. The number of rotatable bonds is 12. The molecule has 0 amide bonds. The van der Waals surface area contributed by atoms with Crippen LogP contribution in [-0.2, 0) is 23.8 Å². The van der Waals surface area contributed by atoms with Crippen molar-refractivity contribution in [3.8, 4) is 0 Å². The van der Waals surface area contributed by atoms with Crippen molar-refractivity contribution in [2.45, 2.75) is 90.3 Å². The molecular weight excluding hydrogens is 296 g/mol. The first-order valence-electron chi connectivity index (χ1n) is 9.09. The van der Waals surface area contributed by atoms with E-state index in [1.807, 2.05) is 13.8 Å². The van der Waals surface area contributed by atoms with Gasteiger partial charge in [0.1, 0.15) is 0 Å². The molecule has 23 heavy (non-hydrogen) atoms. The fraction of sp³-hybridized carbons (Fsp3) is 0.889. The Morgan fingerprint density at radius 2 is 1.13 bits per heavy atom. The zero-order valence-corrected chi connectivity index (χ0v) is 15.1. The first-order valence-corrected chi connectivity index (χ1v) is 9.09. The summed E-state index contributed by atoms with van der Waals surface area (Å²) in [6, 6.07) is 0. The number of esters is 2. The minimum Gasteiger partial charge on any atom is -0.389 e. The van der Waals surface area contributed by atoms with E-state index >= 15 is 0 Å². The molecule has 1 aliphatic rings. The molecule has 2 atom stereocenters. The smallest absolute Gasteiger partial charge is 0.349 e. The second-order valence-corrected chi connectivity index (χ2v) is 6.24. The minimum absolute atomic E-state index is 0.432. The van der Waals surface area contributed by atoms with Gasteiger partial charge in [0.15, 0.2) is 0 Å². The Kier molecular flexibility index (Phi) is 8.20. The standard InChI is InChI=1S/C18H32O5/c1-5-9-13-21-17(11-7-3)15(19)23-16(20)18(17,12-8-4)22-14-10-6-2/h5-14H2,1-4H3. The monoisotopic (exact) mass is 328 g/mol. The highest BCUT2D eigenvalue weighted by molar-refractivity contribution is 6.05. The molecule has 5 heteroatoms. The highest BCUT2D eigenvalue weighted by atomic mass is 16.7. The van der Waals surface area contributed by atoms with Crippen LogP contribution >= 0.6 is 0 Å². The van der Waals surface area contributed by atoms with Crippen LogP contribution in [-0.4, -0.2) is 36.4 Å². The first kappa shape index (κ1) is 20.1. The predicted molar refractivity (Wildman–Crippen MR) is 88.1 cm³/mol. The Labute approximate surface area is 140 Å². The molecule has 1 heterocycles. The van der Waals surface area contributed by atoms with Crippen LogP contribution in [0.2, 0.25) is 0 Å². The van der Waals surface area contributed by atoms with E-state index in [4.69, 9.17) is 14.2 Å². The largest absolute Gasteiger partial charge is 0.389 e. The molecule has 0 bridgehead atoms. The molecular formula is C18H32O5. The zero-order chi connectivity index (χ0) is 17.3. The molecule has 0 radical (unpaired) electrons. The zero-order valence-electron chi connectivity index (χ0n) is 15.1. The van der Waals surface area contributed by atoms with Crippen LogP contribution in [0.1, 0.15) is 79.1 Å². The lowest BCUT2D eigenvalue weighted by atomic mass is 9.77. The first-order chi connectivity index (χ1) is 11.0. The summed E-state index contributed by atoms with van der Waals surface area (Å²) >= 11 is 0. The molecule has 1 fully saturated rings. The van der Waals surface area contributed by atoms with E-state index in [0.717, 1.165) is 38.5 Å². The van der Waals surface area contributed by atoms with E-state index in [9.17, 15) is 9.59 Å². The second-order valence-electron chi connectivity index (χ2n) is 6.24. The topological polar surface area (TPSA) is 61.8 Å². The molecule has 1 saturated heterocycles. The van der Waals surface area contributed by atoms with Gasteiger partial charge in [0, 0.05) is 13.2 Å². The van der Waals surface area contributed by atoms with Crippen molar-refractivity contribution in [1.82, 2.24) is 0 Å². The summed E-state index contributed by atoms with van der Waals surface area (Å²) in [5.74, 6) is -1.16. The van der Waals surface area contributed by atoms with Gasteiger partial charge < -0.3 is 14.2 Å². The number of hydrogen-bond donors (Lipinski definition) is 0. The molecule has 2 unspecified atom stereocenters. The van der Waals surface area contributed by atoms with Gasteiger partial charge in [-0.05, 0) is 25.7 Å². The van der Waals surface area contributed by atoms with Crippen LogP contribution in [0.3, 0.4) is 0 Å². The third-order valence-corrected chi connectivity index (χ3v) is 4.39. The number of carbonyl (C=O) groups excluding carboxylic acids is 2. The number of carbonyl (C=O) groups is 2. The summed E-state index contributed by atoms with van der Waals surface area (Å²) in [6.07, 6.45) is 5.91. The highest BCUT2D eigenvalue weighted by Crippen LogP contribution is 2.45. The van der Waals surface area contributed by atoms with Crippen molar-refractivity contribution in [2.24, 2.45) is 0 Å². The van der Waals surface area contributed by atoms with Crippen LogP contribution in [0.4, 0.5) is 0 Å². The van der Waals surface area contributed by atoms with E-state index < -0.39 is 23.1 Å². The molecule has 0 saturated carbocycles. The lowest BCUT2D eigenvalue weighted by molar-refractivity contribution is -0.201. The van der Waals surface area contributed by atoms with Gasteiger partial charge in [-0.1, -0.05) is 53.4 Å². The summed E-state index contributed by atoms with van der Waals surface area (Å²) in [4.78, 5) is 25.1. The van der Waals surface area contributed by atoms with Gasteiger partial charge in [-0.2, -0.15) is 0 Å². The molecule has 1 aliphatic heterocycles. The highest BCUT2D eigenvalue weighted by Gasteiger charge is 2.70. The van der Waals surface area contributed by atoms with Crippen LogP contribution in [0.25, 0.3) is 0 Å². The number of cyclic esters (lactones) is 2. The van der Waals surface area contributed by atoms with E-state index in [1.54, 1.807) is 0 Å². The Balaban J connectivity index is 3.18. The van der Waals surface area contributed by atoms with E-state index in [0.29, 0.717) is 26.1 Å². The van der Waals surface area contributed by atoms with Gasteiger partial charge in [-0.3, -0.25) is 0 Å². The van der Waals surface area contributed by atoms with Gasteiger partial charge in [0.2, 0.25) is 11.2 Å². The normalized spacial score (nSPS) is 27.5. The molecule has 134 valence electrons. The fourth-order valence-electron chi connectivity index (χ4n) is 3.17. The van der Waals surface area contributed by atoms with Crippen molar-refractivity contribution < 1.29 is 23.8 Å². The summed E-state index contributed by atoms with van der Waals surface area (Å²) in [5, 5.41) is 0. The summed E-state index contributed by atoms with van der Waals surface area (Å²) in [5.41, 5.74) is -2.59. The third-order valence-electron chi connectivity index (χ3n) is 4.39. The minimum atomic E-state index is -1.29. The molecule has 0 aromatic carbocycles. The maximum absolute atomic E-state index is 12.6. The van der Waals surface area contributed by atoms with Gasteiger partial charge in [0.25, 0.3) is 0 Å². The molecule has 5 nitrogen and oxygen atoms in total. The van der Waals surface area contributed by atoms with Gasteiger partial charge >= 0.3 is 11.9 Å². The van der Waals surface area contributed by atoms with Crippen molar-refractivity contribution in [2.75, 3.05) is 13.2 Å². The summed E-state index contributed by atoms with van der Waals surface area (Å²) in [7, 11) is 0. The Morgan fingerprint density at radius 1 is 0.739 bits per heavy atom. The molecule has 1 rings (SSSR count). The van der Waals surface area contributed by atoms with Crippen LogP contribution in [0, 0.1) is 0 Å². The average Bonchev–Trinajstić information content (AvgIpc) is 2.71. The number of unbranched alkanes of at least 4 members (excludes halogenated alkanes) is 2. The molecule has 0 aromatic heterocycles. The van der Waals surface area contributed by atoms with Crippen molar-refractivity contribution in [3.63, 3.8) is 0 Å². The SMILES string of the molecule is CCCCOC1(CCC)C(=O)OC(=O)C1(CCC)OCCCC. The van der Waals surface area contributed by atoms with Crippen molar-refractivity contribution >= 4 is 11.9 Å². The quantitative estimate of drug-likeness (QED) is 0.310. The maximum Gasteiger partial charge on any atom is 0.349 e. The lowest BCUT2D eigenvalue weighted by Crippen LogP contribution is -2.60. The van der Waals surface area contributed by atoms with E-state index in [-0.39, 0.29) is 0 Å². The van der Waals surface area contributed by atoms with E-state index in [2.05, 4.69) is 13.8 Å². The summed E-state index contributed by atoms with van der Waals surface area (Å²) < 4.78 is 17.1. The van der Waals surface area contributed by atoms with Crippen molar-refractivity contribution in [1.29, 1.82) is 0 Å². The van der Waals surface area contributed by atoms with E-state index in [1.165, 1.54) is 0 Å². The fourth-order valence-corrected chi connectivity index (χ4v) is 3.17. The Bertz CT molecular complexity index is 359. The maximum atomic E-state index is 12.6. The summed E-state index contributed by atoms with van der Waals surface area (Å²) in [6.45, 7) is 8.94. The molecule has 0 N–H and O–H groups in total. The predicted octanol–water partition coefficient (Wildman–Crippen LogP) is 3.78. The van der Waals surface area contributed by atoms with Crippen molar-refractivity contribution in [3.05, 3.63) is 0 Å². The van der Waals surface area contributed by atoms with Crippen LogP contribution in [0.15, 0.2) is 0 Å². The van der Waals surface area contributed by atoms with Crippen LogP contribution in [0.5, 0.6) is 0 Å². The molecule has 0 aromatic rings. The van der Waals surface area contributed by atoms with Gasteiger partial charge in [-0.15, -0.1) is 0 Å². The van der Waals surface area contributed by atoms with Gasteiger partial charge in [-0.25, -0.2) is 9.59 Å². The Hall–Kier alpha value is -0.940.